The lowest BCUT2D eigenvalue weighted by atomic mass is 10.1. The van der Waals surface area contributed by atoms with Crippen molar-refractivity contribution in [1.29, 1.82) is 5.26 Å². The summed E-state index contributed by atoms with van der Waals surface area (Å²) in [5.74, 6) is 1.05. The summed E-state index contributed by atoms with van der Waals surface area (Å²) < 4.78 is 5.23. The summed E-state index contributed by atoms with van der Waals surface area (Å²) in [6.45, 7) is 9.81. The van der Waals surface area contributed by atoms with Gasteiger partial charge in [0.05, 0.1) is 18.2 Å². The number of nitriles is 1. The highest BCUT2D eigenvalue weighted by Gasteiger charge is 2.26. The molecule has 192 valence electrons. The van der Waals surface area contributed by atoms with E-state index in [9.17, 15) is 4.79 Å². The van der Waals surface area contributed by atoms with Crippen LogP contribution in [0, 0.1) is 11.3 Å². The van der Waals surface area contributed by atoms with Crippen LogP contribution >= 0.6 is 0 Å². The first-order chi connectivity index (χ1) is 17.7. The molecule has 2 aromatic carbocycles. The van der Waals surface area contributed by atoms with Crippen molar-refractivity contribution in [2.45, 2.75) is 52.7 Å². The first kappa shape index (κ1) is 27.4. The predicted molar refractivity (Wildman–Crippen MR) is 149 cm³/mol. The molecule has 7 nitrogen and oxygen atoms in total. The monoisotopic (exact) mass is 497 g/mol. The topological polar surface area (TPSA) is 89.9 Å². The molecule has 0 bridgehead atoms. The number of nitrogens with zero attached hydrogens (tertiary/aromatic N) is 4. The zero-order valence-electron chi connectivity index (χ0n) is 22.1. The average Bonchev–Trinajstić information content (AvgIpc) is 3.58. The molecule has 1 aliphatic rings. The van der Waals surface area contributed by atoms with E-state index in [1.54, 1.807) is 12.3 Å². The Kier molecular flexibility index (Phi) is 9.79. The fraction of sp³-hybridized carbons (Fsp3) is 0.333. The van der Waals surface area contributed by atoms with Crippen LogP contribution in [0.3, 0.4) is 0 Å². The molecular formula is C30H35N5O2. The van der Waals surface area contributed by atoms with Crippen LogP contribution in [0.15, 0.2) is 76.5 Å². The van der Waals surface area contributed by atoms with Crippen LogP contribution in [0.25, 0.3) is 6.08 Å². The minimum absolute atomic E-state index is 0.383. The van der Waals surface area contributed by atoms with Crippen LogP contribution in [0.5, 0.6) is 0 Å². The molecule has 1 heterocycles. The highest BCUT2D eigenvalue weighted by molar-refractivity contribution is 5.98. The average molecular weight is 498 g/mol. The normalized spacial score (nSPS) is 14.8. The van der Waals surface area contributed by atoms with E-state index in [4.69, 9.17) is 10.00 Å². The number of carbonyl (C=O) groups is 1. The third-order valence-electron chi connectivity index (χ3n) is 5.36. The maximum Gasteiger partial charge on any atom is 0.407 e. The molecule has 1 N–H and O–H groups in total. The SMILES string of the molecule is C/C(=C\N=Cc1cccc(CN2CC2=N/C=C/c2cccc(C#N)c2)c1)CCCNC(=O)OC(C)(C)C. The number of aliphatic imine (C=N–C) groups is 2. The number of allylic oxidation sites excluding steroid dienone is 1. The van der Waals surface area contributed by atoms with Crippen LogP contribution < -0.4 is 5.32 Å². The molecule has 2 aromatic rings. The Morgan fingerprint density at radius 3 is 2.76 bits per heavy atom. The number of alkyl carbamates (subject to hydrolysis) is 1. The maximum absolute atomic E-state index is 11.7. The number of carbonyl (C=O) groups excluding carboxylic acids is 1. The van der Waals surface area contributed by atoms with E-state index < -0.39 is 5.60 Å². The molecule has 0 saturated carbocycles. The Morgan fingerprint density at radius 2 is 1.97 bits per heavy atom. The quantitative estimate of drug-likeness (QED) is 0.245. The molecule has 1 amide bonds. The van der Waals surface area contributed by atoms with Crippen molar-refractivity contribution in [3.63, 3.8) is 0 Å². The molecule has 0 aromatic heterocycles. The van der Waals surface area contributed by atoms with Gasteiger partial charge in [0.15, 0.2) is 0 Å². The first-order valence-electron chi connectivity index (χ1n) is 12.4. The summed E-state index contributed by atoms with van der Waals surface area (Å²) in [5, 5.41) is 11.8. The number of rotatable bonds is 10. The zero-order chi connectivity index (χ0) is 26.7. The lowest BCUT2D eigenvalue weighted by molar-refractivity contribution is 0.0527. The Morgan fingerprint density at radius 1 is 1.19 bits per heavy atom. The highest BCUT2D eigenvalue weighted by Crippen LogP contribution is 2.17. The third kappa shape index (κ3) is 10.5. The third-order valence-corrected chi connectivity index (χ3v) is 5.36. The van der Waals surface area contributed by atoms with Gasteiger partial charge in [0.2, 0.25) is 0 Å². The molecule has 3 rings (SSSR count). The van der Waals surface area contributed by atoms with Crippen molar-refractivity contribution in [1.82, 2.24) is 10.2 Å². The van der Waals surface area contributed by atoms with E-state index >= 15 is 0 Å². The van der Waals surface area contributed by atoms with Gasteiger partial charge < -0.3 is 15.0 Å². The molecule has 0 radical (unpaired) electrons. The zero-order valence-corrected chi connectivity index (χ0v) is 22.1. The first-order valence-corrected chi connectivity index (χ1v) is 12.4. The lowest BCUT2D eigenvalue weighted by Gasteiger charge is -2.19. The summed E-state index contributed by atoms with van der Waals surface area (Å²) in [6, 6.07) is 17.9. The molecule has 0 spiro atoms. The number of hydrogen-bond donors (Lipinski definition) is 1. The molecule has 0 aliphatic carbocycles. The summed E-state index contributed by atoms with van der Waals surface area (Å²) in [6.07, 6.45) is 8.73. The van der Waals surface area contributed by atoms with Crippen molar-refractivity contribution >= 4 is 24.2 Å². The second-order valence-corrected chi connectivity index (χ2v) is 9.99. The molecule has 1 fully saturated rings. The molecule has 37 heavy (non-hydrogen) atoms. The van der Waals surface area contributed by atoms with E-state index in [0.29, 0.717) is 12.1 Å². The molecule has 1 saturated heterocycles. The van der Waals surface area contributed by atoms with Crippen LogP contribution in [0.1, 0.15) is 62.8 Å². The maximum atomic E-state index is 11.7. The fourth-order valence-electron chi connectivity index (χ4n) is 3.51. The standard InChI is InChI=1S/C30H35N5O2/c1-23(8-7-14-34-29(36)37-30(2,3)4)19-32-20-26-11-6-12-27(17-26)21-35-22-28(35)33-15-13-24-9-5-10-25(16-24)18-31/h5-6,9-13,15-17,19-20H,7-8,14,21-22H2,1-4H3,(H,34,36)/b15-13+,23-19+,32-20?,33-28?. The lowest BCUT2D eigenvalue weighted by Crippen LogP contribution is -2.33. The van der Waals surface area contributed by atoms with Gasteiger partial charge in [-0.15, -0.1) is 0 Å². The largest absolute Gasteiger partial charge is 0.444 e. The summed E-state index contributed by atoms with van der Waals surface area (Å²) in [7, 11) is 0. The van der Waals surface area contributed by atoms with Crippen molar-refractivity contribution in [2.75, 3.05) is 13.1 Å². The molecule has 1 aliphatic heterocycles. The van der Waals surface area contributed by atoms with Crippen LogP contribution in [-0.4, -0.2) is 41.7 Å². The van der Waals surface area contributed by atoms with Gasteiger partial charge in [0.1, 0.15) is 11.4 Å². The van der Waals surface area contributed by atoms with Gasteiger partial charge in [-0.3, -0.25) is 4.99 Å². The van der Waals surface area contributed by atoms with E-state index in [1.807, 2.05) is 76.5 Å². The Balaban J connectivity index is 1.42. The van der Waals surface area contributed by atoms with Gasteiger partial charge in [-0.1, -0.05) is 35.9 Å². The summed E-state index contributed by atoms with van der Waals surface area (Å²) in [5.41, 5.74) is 4.52. The number of benzene rings is 2. The van der Waals surface area contributed by atoms with Crippen molar-refractivity contribution in [2.24, 2.45) is 9.98 Å². The van der Waals surface area contributed by atoms with Gasteiger partial charge in [0.25, 0.3) is 0 Å². The second-order valence-electron chi connectivity index (χ2n) is 9.99. The predicted octanol–water partition coefficient (Wildman–Crippen LogP) is 6.07. The van der Waals surface area contributed by atoms with Crippen LogP contribution in [0.4, 0.5) is 4.79 Å². The minimum Gasteiger partial charge on any atom is -0.444 e. The summed E-state index contributed by atoms with van der Waals surface area (Å²) >= 11 is 0. The number of ether oxygens (including phenoxy) is 1. The number of nitrogens with one attached hydrogen (secondary N) is 1. The fourth-order valence-corrected chi connectivity index (χ4v) is 3.51. The van der Waals surface area contributed by atoms with Crippen molar-refractivity contribution < 1.29 is 9.53 Å². The van der Waals surface area contributed by atoms with Gasteiger partial charge in [-0.05, 0) is 81.5 Å². The van der Waals surface area contributed by atoms with Crippen LogP contribution in [0.2, 0.25) is 0 Å². The molecule has 7 heteroatoms. The Labute approximate surface area is 219 Å². The van der Waals surface area contributed by atoms with E-state index in [0.717, 1.165) is 48.5 Å². The highest BCUT2D eigenvalue weighted by atomic mass is 16.6. The summed E-state index contributed by atoms with van der Waals surface area (Å²) in [4.78, 5) is 22.9. The minimum atomic E-state index is -0.484. The van der Waals surface area contributed by atoms with E-state index in [1.165, 1.54) is 5.56 Å². The Hall–Kier alpha value is -4.18. The molecule has 0 unspecified atom stereocenters. The number of amides is 1. The Bertz CT molecular complexity index is 1250. The smallest absolute Gasteiger partial charge is 0.407 e. The van der Waals surface area contributed by atoms with E-state index in [2.05, 4.69) is 38.4 Å². The van der Waals surface area contributed by atoms with Crippen molar-refractivity contribution in [3.05, 3.63) is 88.8 Å². The number of hydrogen-bond acceptors (Lipinski definition) is 5. The molecule has 0 atom stereocenters. The van der Waals surface area contributed by atoms with Gasteiger partial charge in [0, 0.05) is 31.7 Å². The molecular weight excluding hydrogens is 462 g/mol. The van der Waals surface area contributed by atoms with Crippen LogP contribution in [-0.2, 0) is 11.3 Å². The van der Waals surface area contributed by atoms with Crippen molar-refractivity contribution in [3.8, 4) is 6.07 Å². The van der Waals surface area contributed by atoms with Gasteiger partial charge in [-0.2, -0.15) is 5.26 Å². The van der Waals surface area contributed by atoms with Gasteiger partial charge >= 0.3 is 6.09 Å². The van der Waals surface area contributed by atoms with Gasteiger partial charge in [-0.25, -0.2) is 9.79 Å². The van der Waals surface area contributed by atoms with E-state index in [-0.39, 0.29) is 6.09 Å². The second kappa shape index (κ2) is 13.2. The number of amidine groups is 1.